The molecular weight excluding hydrogens is 350 g/mol. The van der Waals surface area contributed by atoms with E-state index in [-0.39, 0.29) is 11.3 Å². The first kappa shape index (κ1) is 17.4. The molecule has 0 spiro atoms. The van der Waals surface area contributed by atoms with Crippen molar-refractivity contribution in [1.82, 2.24) is 5.43 Å². The Morgan fingerprint density at radius 3 is 2.32 bits per heavy atom. The van der Waals surface area contributed by atoms with E-state index >= 15 is 0 Å². The van der Waals surface area contributed by atoms with E-state index in [1.807, 2.05) is 12.1 Å². The van der Waals surface area contributed by atoms with E-state index in [1.165, 1.54) is 18.7 Å². The molecule has 4 saturated heterocycles. The van der Waals surface area contributed by atoms with Crippen LogP contribution in [0.25, 0.3) is 0 Å². The van der Waals surface area contributed by atoms with Gasteiger partial charge in [-0.05, 0) is 17.7 Å². The lowest BCUT2D eigenvalue weighted by molar-refractivity contribution is -0.918. The third-order valence-corrected chi connectivity index (χ3v) is 6.69. The van der Waals surface area contributed by atoms with Crippen LogP contribution >= 0.6 is 0 Å². The number of hydrogen-bond donors (Lipinski definition) is 4. The molecule has 6 heteroatoms. The van der Waals surface area contributed by atoms with Crippen LogP contribution in [0.1, 0.15) is 15.9 Å². The number of amides is 1. The number of fused-ring (bicyclic) bond motifs is 1. The third-order valence-electron chi connectivity index (χ3n) is 6.69. The number of carbonyl (C=O) groups excluding carboxylic acids is 1. The van der Waals surface area contributed by atoms with Gasteiger partial charge in [-0.1, -0.05) is 42.5 Å². The van der Waals surface area contributed by atoms with Crippen LogP contribution in [-0.2, 0) is 5.41 Å². The first-order valence-electron chi connectivity index (χ1n) is 10.1. The second-order valence-electron chi connectivity index (χ2n) is 8.43. The lowest BCUT2D eigenvalue weighted by Gasteiger charge is -2.46. The molecule has 6 nitrogen and oxygen atoms in total. The van der Waals surface area contributed by atoms with Crippen LogP contribution in [0.3, 0.4) is 0 Å². The fourth-order valence-electron chi connectivity index (χ4n) is 5.51. The van der Waals surface area contributed by atoms with Crippen LogP contribution < -0.4 is 21.0 Å². The molecule has 0 radical (unpaired) electrons. The number of hydrogen-bond acceptors (Lipinski definition) is 3. The molecule has 4 fully saturated rings. The molecular formula is C22H27N5O+2. The topological polar surface area (TPSA) is 76.4 Å². The number of anilines is 1. The highest BCUT2D eigenvalue weighted by atomic mass is 16.2. The lowest BCUT2D eigenvalue weighted by atomic mass is 9.66. The largest absolute Gasteiger partial charge is 0.398 e. The summed E-state index contributed by atoms with van der Waals surface area (Å²) in [5.74, 6) is 0.171. The average Bonchev–Trinajstić information content (AvgIpc) is 2.96. The van der Waals surface area contributed by atoms with Gasteiger partial charge in [-0.2, -0.15) is 5.10 Å². The van der Waals surface area contributed by atoms with Gasteiger partial charge >= 0.3 is 0 Å². The number of nitrogens with zero attached hydrogens (tertiary/aromatic N) is 1. The Labute approximate surface area is 165 Å². The molecule has 4 heterocycles. The zero-order chi connectivity index (χ0) is 19.1. The molecule has 6 rings (SSSR count). The van der Waals surface area contributed by atoms with Crippen molar-refractivity contribution in [2.45, 2.75) is 5.41 Å². The minimum absolute atomic E-state index is 0.0981. The fraction of sp³-hybridized carbons (Fsp3) is 0.364. The normalized spacial score (nSPS) is 32.3. The summed E-state index contributed by atoms with van der Waals surface area (Å²) in [7, 11) is 0. The lowest BCUT2D eigenvalue weighted by Crippen LogP contribution is -3.17. The van der Waals surface area contributed by atoms with E-state index in [2.05, 4.69) is 35.8 Å². The SMILES string of the molecule is Nc1ccccc1C(=O)NN=C1C2C[NH+]3CC[NH+](C2)CC1(c1ccccc1)C3. The van der Waals surface area contributed by atoms with Crippen molar-refractivity contribution in [1.29, 1.82) is 0 Å². The van der Waals surface area contributed by atoms with Crippen molar-refractivity contribution < 1.29 is 14.6 Å². The van der Waals surface area contributed by atoms with Gasteiger partial charge in [-0.25, -0.2) is 5.43 Å². The summed E-state index contributed by atoms with van der Waals surface area (Å²) in [6, 6.07) is 17.9. The minimum atomic E-state index is -0.235. The first-order chi connectivity index (χ1) is 13.7. The Kier molecular flexibility index (Phi) is 4.18. The molecule has 4 aliphatic rings. The molecule has 1 amide bonds. The highest BCUT2D eigenvalue weighted by Gasteiger charge is 2.58. The number of carbonyl (C=O) groups is 1. The number of hydrazone groups is 1. The maximum atomic E-state index is 12.7. The zero-order valence-corrected chi connectivity index (χ0v) is 15.9. The van der Waals surface area contributed by atoms with Crippen LogP contribution in [0.5, 0.6) is 0 Å². The fourth-order valence-corrected chi connectivity index (χ4v) is 5.51. The van der Waals surface area contributed by atoms with Gasteiger partial charge in [-0.3, -0.25) is 4.79 Å². The number of benzene rings is 2. The predicted molar refractivity (Wildman–Crippen MR) is 108 cm³/mol. The molecule has 4 bridgehead atoms. The number of nitrogens with two attached hydrogens (primary N) is 1. The molecule has 4 aliphatic heterocycles. The highest BCUT2D eigenvalue weighted by Crippen LogP contribution is 2.31. The van der Waals surface area contributed by atoms with Crippen molar-refractivity contribution in [2.24, 2.45) is 11.0 Å². The smallest absolute Gasteiger partial charge is 0.273 e. The molecule has 0 aliphatic carbocycles. The molecule has 2 aromatic rings. The van der Waals surface area contributed by atoms with Crippen molar-refractivity contribution in [3.8, 4) is 0 Å². The third kappa shape index (κ3) is 2.80. The number of nitrogen functional groups attached to an aromatic ring is 1. The van der Waals surface area contributed by atoms with Gasteiger partial charge in [0.2, 0.25) is 0 Å². The summed E-state index contributed by atoms with van der Waals surface area (Å²) in [6.07, 6.45) is 0. The summed E-state index contributed by atoms with van der Waals surface area (Å²) in [6.45, 7) is 6.78. The van der Waals surface area contributed by atoms with Crippen LogP contribution in [0.2, 0.25) is 0 Å². The van der Waals surface area contributed by atoms with Gasteiger partial charge in [0, 0.05) is 5.69 Å². The Bertz CT molecular complexity index is 910. The second-order valence-corrected chi connectivity index (χ2v) is 8.43. The number of rotatable bonds is 3. The maximum Gasteiger partial charge on any atom is 0.273 e. The van der Waals surface area contributed by atoms with Gasteiger partial charge < -0.3 is 15.5 Å². The van der Waals surface area contributed by atoms with Gasteiger partial charge in [0.15, 0.2) is 0 Å². The summed E-state index contributed by atoms with van der Waals surface area (Å²) in [5.41, 5.74) is 12.1. The monoisotopic (exact) mass is 377 g/mol. The van der Waals surface area contributed by atoms with Gasteiger partial charge in [0.25, 0.3) is 5.91 Å². The van der Waals surface area contributed by atoms with Gasteiger partial charge in [-0.15, -0.1) is 0 Å². The van der Waals surface area contributed by atoms with Crippen molar-refractivity contribution in [2.75, 3.05) is 45.0 Å². The number of nitrogens with one attached hydrogen (secondary N) is 3. The molecule has 2 atom stereocenters. The van der Waals surface area contributed by atoms with E-state index in [0.29, 0.717) is 17.2 Å². The predicted octanol–water partition coefficient (Wildman–Crippen LogP) is -1.28. The molecule has 0 aromatic heterocycles. The summed E-state index contributed by atoms with van der Waals surface area (Å²) >= 11 is 0. The first-order valence-corrected chi connectivity index (χ1v) is 10.1. The highest BCUT2D eigenvalue weighted by molar-refractivity contribution is 6.02. The molecule has 2 aromatic carbocycles. The second kappa shape index (κ2) is 6.72. The summed E-state index contributed by atoms with van der Waals surface area (Å²) < 4.78 is 0. The number of quaternary nitrogens is 2. The van der Waals surface area contributed by atoms with Crippen molar-refractivity contribution in [3.05, 3.63) is 65.7 Å². The zero-order valence-electron chi connectivity index (χ0n) is 15.9. The van der Waals surface area contributed by atoms with Crippen LogP contribution in [0, 0.1) is 5.92 Å². The standard InChI is InChI=1S/C22H25N5O/c23-19-9-5-4-8-18(19)21(28)25-24-20-16-12-26-10-11-27(13-16)15-22(20,14-26)17-6-2-1-3-7-17/h1-9,16H,10-15,23H2,(H,25,28)/p+2. The number of piperidine rings is 2. The average molecular weight is 377 g/mol. The Hall–Kier alpha value is -2.70. The van der Waals surface area contributed by atoms with Crippen LogP contribution in [0.15, 0.2) is 59.7 Å². The van der Waals surface area contributed by atoms with Gasteiger partial charge in [0.1, 0.15) is 18.5 Å². The Morgan fingerprint density at radius 2 is 1.64 bits per heavy atom. The summed E-state index contributed by atoms with van der Waals surface area (Å²) in [4.78, 5) is 16.0. The van der Waals surface area contributed by atoms with Crippen LogP contribution in [-0.4, -0.2) is 50.9 Å². The maximum absolute atomic E-state index is 12.7. The molecule has 144 valence electrons. The van der Waals surface area contributed by atoms with E-state index in [9.17, 15) is 4.79 Å². The number of para-hydroxylation sites is 1. The van der Waals surface area contributed by atoms with E-state index < -0.39 is 0 Å². The van der Waals surface area contributed by atoms with Crippen LogP contribution in [0.4, 0.5) is 5.69 Å². The molecule has 2 unspecified atom stereocenters. The molecule has 28 heavy (non-hydrogen) atoms. The van der Waals surface area contributed by atoms with E-state index in [0.717, 1.165) is 31.9 Å². The molecule has 0 saturated carbocycles. The van der Waals surface area contributed by atoms with E-state index in [1.54, 1.807) is 21.9 Å². The quantitative estimate of drug-likeness (QED) is 0.397. The van der Waals surface area contributed by atoms with E-state index in [4.69, 9.17) is 10.8 Å². The minimum Gasteiger partial charge on any atom is -0.398 e. The Balaban J connectivity index is 1.53. The summed E-state index contributed by atoms with van der Waals surface area (Å²) in [5, 5.41) is 4.77. The Morgan fingerprint density at radius 1 is 1.00 bits per heavy atom. The van der Waals surface area contributed by atoms with Crippen molar-refractivity contribution >= 4 is 17.3 Å². The molecule has 5 N–H and O–H groups in total. The van der Waals surface area contributed by atoms with Gasteiger partial charge in [0.05, 0.1) is 43.4 Å². The van der Waals surface area contributed by atoms with Crippen molar-refractivity contribution in [3.63, 3.8) is 0 Å².